The van der Waals surface area contributed by atoms with Crippen LogP contribution in [0.5, 0.6) is 0 Å². The molecule has 6 aromatic rings. The van der Waals surface area contributed by atoms with Crippen LogP contribution in [0, 0.1) is 14.3 Å². The van der Waals surface area contributed by atoms with Gasteiger partial charge in [0.25, 0.3) is 0 Å². The van der Waals surface area contributed by atoms with Crippen LogP contribution in [-0.2, 0) is 17.1 Å². The SMILES string of the molecule is Ic1ccc(-c2c[c-](-c3ccc(I)cc3)c(-c3ccc(I)cc3)c2-c2ccc(I)cc2)cc1.[Fe+2].c1cc[cH-]c1. The number of hydrogen-bond acceptors (Lipinski definition) is 0. The maximum Gasteiger partial charge on any atom is 2.00 e. The fourth-order valence-electron chi connectivity index (χ4n) is 4.43. The molecule has 0 atom stereocenters. The summed E-state index contributed by atoms with van der Waals surface area (Å²) in [6, 6.07) is 47.9. The van der Waals surface area contributed by atoms with Crippen LogP contribution in [0.2, 0.25) is 0 Å². The van der Waals surface area contributed by atoms with E-state index in [0.29, 0.717) is 0 Å². The molecule has 0 radical (unpaired) electrons. The van der Waals surface area contributed by atoms with Crippen molar-refractivity contribution in [3.8, 4) is 44.5 Å². The molecule has 0 heterocycles. The molecule has 0 bridgehead atoms. The van der Waals surface area contributed by atoms with Crippen LogP contribution in [0.4, 0.5) is 0 Å². The van der Waals surface area contributed by atoms with Crippen molar-refractivity contribution in [2.24, 2.45) is 0 Å². The first-order valence-electron chi connectivity index (χ1n) is 12.0. The first-order valence-corrected chi connectivity index (χ1v) is 16.4. The standard InChI is InChI=1S/C29H17I4.C5H5.Fe/c30-22-9-1-18(2-10-22)26-17-27(19-3-11-23(31)12-4-19)29(21-7-15-25(33)16-8-21)28(26)20-5-13-24(32)14-6-20;1-2-4-5-3-1;/h1-17H;1-5H;/q2*-1;+2. The van der Waals surface area contributed by atoms with Gasteiger partial charge in [-0.25, -0.2) is 12.1 Å². The van der Waals surface area contributed by atoms with Gasteiger partial charge in [0.1, 0.15) is 0 Å². The maximum atomic E-state index is 2.38. The number of benzene rings is 4. The third-order valence-electron chi connectivity index (χ3n) is 6.21. The van der Waals surface area contributed by atoms with E-state index in [1.54, 1.807) is 0 Å². The van der Waals surface area contributed by atoms with Crippen LogP contribution in [-0.4, -0.2) is 0 Å². The minimum absolute atomic E-state index is 0. The quantitative estimate of drug-likeness (QED) is 0.0938. The Morgan fingerprint density at radius 3 is 1.33 bits per heavy atom. The van der Waals surface area contributed by atoms with E-state index in [1.807, 2.05) is 30.3 Å². The Morgan fingerprint density at radius 1 is 0.487 bits per heavy atom. The summed E-state index contributed by atoms with van der Waals surface area (Å²) in [5.41, 5.74) is 10.1. The van der Waals surface area contributed by atoms with Crippen molar-refractivity contribution in [3.63, 3.8) is 0 Å². The summed E-state index contributed by atoms with van der Waals surface area (Å²) in [5.74, 6) is 0. The van der Waals surface area contributed by atoms with Gasteiger partial charge in [0.15, 0.2) is 0 Å². The van der Waals surface area contributed by atoms with Crippen LogP contribution in [0.1, 0.15) is 0 Å². The molecule has 0 N–H and O–H groups in total. The molecule has 39 heavy (non-hydrogen) atoms. The van der Waals surface area contributed by atoms with Crippen LogP contribution >= 0.6 is 90.4 Å². The normalized spacial score (nSPS) is 10.4. The van der Waals surface area contributed by atoms with Gasteiger partial charge in [-0.05, 0) is 115 Å². The molecule has 6 aromatic carbocycles. The van der Waals surface area contributed by atoms with E-state index in [1.165, 1.54) is 58.8 Å². The molecule has 194 valence electrons. The van der Waals surface area contributed by atoms with Crippen molar-refractivity contribution in [1.29, 1.82) is 0 Å². The van der Waals surface area contributed by atoms with Crippen molar-refractivity contribution in [2.75, 3.05) is 0 Å². The van der Waals surface area contributed by atoms with E-state index >= 15 is 0 Å². The zero-order valence-electron chi connectivity index (χ0n) is 20.6. The zero-order valence-corrected chi connectivity index (χ0v) is 30.3. The van der Waals surface area contributed by atoms with Crippen LogP contribution < -0.4 is 0 Å². The monoisotopic (exact) mass is 994 g/mol. The predicted octanol–water partition coefficient (Wildman–Crippen LogP) is 11.9. The molecule has 0 aliphatic carbocycles. The average Bonchev–Trinajstić information content (AvgIpc) is 3.63. The van der Waals surface area contributed by atoms with Crippen molar-refractivity contribution in [1.82, 2.24) is 0 Å². The summed E-state index contributed by atoms with van der Waals surface area (Å²) >= 11 is 9.51. The Labute approximate surface area is 295 Å². The molecule has 0 nitrogen and oxygen atoms in total. The van der Waals surface area contributed by atoms with Gasteiger partial charge in [-0.2, -0.15) is 18.2 Å². The zero-order chi connectivity index (χ0) is 26.5. The summed E-state index contributed by atoms with van der Waals surface area (Å²) in [6.45, 7) is 0. The van der Waals surface area contributed by atoms with E-state index in [4.69, 9.17) is 0 Å². The predicted molar refractivity (Wildman–Crippen MR) is 197 cm³/mol. The summed E-state index contributed by atoms with van der Waals surface area (Å²) in [5, 5.41) is 0. The van der Waals surface area contributed by atoms with E-state index < -0.39 is 0 Å². The molecule has 0 fully saturated rings. The van der Waals surface area contributed by atoms with Gasteiger partial charge in [0.05, 0.1) is 0 Å². The fraction of sp³-hybridized carbons (Fsp3) is 0. The molecule has 0 aliphatic rings. The first-order chi connectivity index (χ1) is 18.5. The van der Waals surface area contributed by atoms with Crippen LogP contribution in [0.3, 0.4) is 0 Å². The third-order valence-corrected chi connectivity index (χ3v) is 9.09. The van der Waals surface area contributed by atoms with E-state index in [2.05, 4.69) is 193 Å². The summed E-state index contributed by atoms with van der Waals surface area (Å²) < 4.78 is 4.98. The van der Waals surface area contributed by atoms with Gasteiger partial charge in [0.2, 0.25) is 0 Å². The summed E-state index contributed by atoms with van der Waals surface area (Å²) in [6.07, 6.45) is 0. The van der Waals surface area contributed by atoms with Crippen molar-refractivity contribution >= 4 is 90.4 Å². The molecule has 0 aliphatic heterocycles. The molecule has 0 saturated heterocycles. The molecule has 0 spiro atoms. The number of rotatable bonds is 4. The van der Waals surface area contributed by atoms with Crippen molar-refractivity contribution in [3.05, 3.63) is 148 Å². The minimum Gasteiger partial charge on any atom is -0.214 e. The first kappa shape index (κ1) is 31.0. The van der Waals surface area contributed by atoms with Gasteiger partial charge >= 0.3 is 17.1 Å². The molecular weight excluding hydrogens is 972 g/mol. The second-order valence-corrected chi connectivity index (χ2v) is 13.7. The van der Waals surface area contributed by atoms with E-state index in [-0.39, 0.29) is 17.1 Å². The number of halogens is 4. The topological polar surface area (TPSA) is 0 Å². The molecule has 5 heteroatoms. The smallest absolute Gasteiger partial charge is 0.214 e. The Morgan fingerprint density at radius 2 is 0.897 bits per heavy atom. The largest absolute Gasteiger partial charge is 2.00 e. The van der Waals surface area contributed by atoms with E-state index in [0.717, 1.165) is 0 Å². The Kier molecular flexibility index (Phi) is 11.7. The summed E-state index contributed by atoms with van der Waals surface area (Å²) in [4.78, 5) is 0. The van der Waals surface area contributed by atoms with Crippen molar-refractivity contribution in [2.45, 2.75) is 0 Å². The third kappa shape index (κ3) is 7.86. The Bertz CT molecular complexity index is 1470. The molecule has 6 rings (SSSR count). The molecular formula is C34H22FeI4. The molecule has 0 unspecified atom stereocenters. The molecule has 0 aromatic heterocycles. The minimum atomic E-state index is 0. The van der Waals surface area contributed by atoms with Gasteiger partial charge in [0, 0.05) is 14.3 Å². The Balaban J connectivity index is 0.000000530. The average molecular weight is 994 g/mol. The van der Waals surface area contributed by atoms with Gasteiger partial charge in [-0.1, -0.05) is 99.6 Å². The van der Waals surface area contributed by atoms with Gasteiger partial charge in [-0.3, -0.25) is 0 Å². The van der Waals surface area contributed by atoms with Gasteiger partial charge < -0.3 is 0 Å². The molecule has 0 saturated carbocycles. The second-order valence-electron chi connectivity index (χ2n) is 8.71. The maximum absolute atomic E-state index is 2.38. The Hall–Kier alpha value is -0.981. The molecule has 0 amide bonds. The fourth-order valence-corrected chi connectivity index (χ4v) is 5.86. The number of hydrogen-bond donors (Lipinski definition) is 0. The summed E-state index contributed by atoms with van der Waals surface area (Å²) in [7, 11) is 0. The second kappa shape index (κ2) is 14.8. The van der Waals surface area contributed by atoms with Crippen LogP contribution in [0.25, 0.3) is 44.5 Å². The van der Waals surface area contributed by atoms with Crippen LogP contribution in [0.15, 0.2) is 133 Å². The van der Waals surface area contributed by atoms with E-state index in [9.17, 15) is 0 Å². The van der Waals surface area contributed by atoms with Crippen molar-refractivity contribution < 1.29 is 17.1 Å². The van der Waals surface area contributed by atoms with Gasteiger partial charge in [-0.15, -0.1) is 23.8 Å².